The second-order valence-electron chi connectivity index (χ2n) is 8.30. The molecule has 3 heterocycles. The molecule has 0 spiro atoms. The molecule has 4 atom stereocenters. The number of aliphatic hydroxyl groups excluding tert-OH is 1. The molecule has 5 nitrogen and oxygen atoms in total. The summed E-state index contributed by atoms with van der Waals surface area (Å²) in [5.41, 5.74) is 1.06. The highest BCUT2D eigenvalue weighted by molar-refractivity contribution is 8.23. The molecule has 2 saturated heterocycles. The van der Waals surface area contributed by atoms with Crippen LogP contribution in [0.25, 0.3) is 0 Å². The topological polar surface area (TPSA) is 60.9 Å². The van der Waals surface area contributed by atoms with Gasteiger partial charge in [0.1, 0.15) is 11.2 Å². The molecule has 1 amide bonds. The second-order valence-corrected chi connectivity index (χ2v) is 11.0. The molecule has 1 saturated carbocycles. The third kappa shape index (κ3) is 3.72. The number of likely N-dealkylation sites (tertiary alicyclic amines) is 1. The number of rotatable bonds is 7. The van der Waals surface area contributed by atoms with E-state index in [1.807, 2.05) is 30.5 Å². The molecule has 7 heteroatoms. The lowest BCUT2D eigenvalue weighted by atomic mass is 9.90. The zero-order chi connectivity index (χ0) is 19.1. The van der Waals surface area contributed by atoms with Gasteiger partial charge in [-0.25, -0.2) is 0 Å². The summed E-state index contributed by atoms with van der Waals surface area (Å²) in [5, 5.41) is 10.7. The van der Waals surface area contributed by atoms with Gasteiger partial charge in [0.15, 0.2) is 0 Å². The van der Waals surface area contributed by atoms with E-state index in [4.69, 9.17) is 0 Å². The van der Waals surface area contributed by atoms with Gasteiger partial charge in [0.2, 0.25) is 5.91 Å². The van der Waals surface area contributed by atoms with Crippen LogP contribution in [-0.2, 0) is 9.59 Å². The van der Waals surface area contributed by atoms with Gasteiger partial charge in [-0.05, 0) is 39.2 Å². The van der Waals surface area contributed by atoms with Crippen LogP contribution in [0.4, 0.5) is 0 Å². The van der Waals surface area contributed by atoms with Gasteiger partial charge in [0.05, 0.1) is 22.8 Å². The average molecular weight is 411 g/mol. The first-order valence-corrected chi connectivity index (χ1v) is 12.1. The van der Waals surface area contributed by atoms with Crippen LogP contribution in [0, 0.1) is 11.8 Å². The monoisotopic (exact) mass is 410 g/mol. The molecule has 27 heavy (non-hydrogen) atoms. The Morgan fingerprint density at radius 1 is 1.33 bits per heavy atom. The number of ketones is 1. The predicted octanol–water partition coefficient (Wildman–Crippen LogP) is 3.04. The molecule has 0 aromatic rings. The van der Waals surface area contributed by atoms with E-state index < -0.39 is 6.10 Å². The van der Waals surface area contributed by atoms with E-state index in [0.717, 1.165) is 38.0 Å². The number of hydrogen-bond donors (Lipinski definition) is 1. The first kappa shape index (κ1) is 19.8. The maximum absolute atomic E-state index is 12.4. The number of carbonyl (C=O) groups is 2. The molecule has 0 aromatic heterocycles. The molecule has 4 aliphatic rings. The van der Waals surface area contributed by atoms with Crippen molar-refractivity contribution in [2.24, 2.45) is 11.8 Å². The average Bonchev–Trinajstić information content (AvgIpc) is 3.36. The number of fused-ring (bicyclic) bond motifs is 1. The van der Waals surface area contributed by atoms with Crippen molar-refractivity contribution < 1.29 is 14.7 Å². The molecule has 1 N–H and O–H groups in total. The van der Waals surface area contributed by atoms with Crippen molar-refractivity contribution in [2.75, 3.05) is 19.6 Å². The number of nitrogens with zero attached hydrogens (tertiary/aromatic N) is 2. The molecular formula is C20H30N2O3S2. The Labute approximate surface area is 170 Å². The smallest absolute Gasteiger partial charge is 0.236 e. The minimum absolute atomic E-state index is 0.0742. The van der Waals surface area contributed by atoms with E-state index in [0.29, 0.717) is 29.9 Å². The third-order valence-corrected chi connectivity index (χ3v) is 9.55. The van der Waals surface area contributed by atoms with Gasteiger partial charge in [-0.1, -0.05) is 31.5 Å². The van der Waals surface area contributed by atoms with Crippen molar-refractivity contribution >= 4 is 35.2 Å². The fourth-order valence-electron chi connectivity index (χ4n) is 4.77. The van der Waals surface area contributed by atoms with Crippen molar-refractivity contribution in [3.05, 3.63) is 9.93 Å². The highest BCUT2D eigenvalue weighted by Crippen LogP contribution is 2.55. The van der Waals surface area contributed by atoms with E-state index in [1.54, 1.807) is 11.8 Å². The Bertz CT molecular complexity index is 647. The fourth-order valence-corrected chi connectivity index (χ4v) is 8.08. The van der Waals surface area contributed by atoms with Crippen LogP contribution in [0.1, 0.15) is 52.4 Å². The number of allylic oxidation sites excluding steroid dienone is 1. The first-order chi connectivity index (χ1) is 13.0. The van der Waals surface area contributed by atoms with Crippen molar-refractivity contribution in [3.8, 4) is 0 Å². The highest BCUT2D eigenvalue weighted by atomic mass is 32.2. The first-order valence-electron chi connectivity index (χ1n) is 10.3. The second kappa shape index (κ2) is 8.09. The number of β-lactam (4-membered cyclic amide) rings is 1. The normalized spacial score (nSPS) is 32.9. The van der Waals surface area contributed by atoms with Crippen molar-refractivity contribution in [1.82, 2.24) is 9.80 Å². The lowest BCUT2D eigenvalue weighted by Gasteiger charge is -2.44. The molecule has 1 aliphatic carbocycles. The summed E-state index contributed by atoms with van der Waals surface area (Å²) in [6, 6.07) is 0. The minimum Gasteiger partial charge on any atom is -0.392 e. The van der Waals surface area contributed by atoms with Gasteiger partial charge in [-0.3, -0.25) is 14.5 Å². The molecule has 150 valence electrons. The molecule has 3 aliphatic heterocycles. The van der Waals surface area contributed by atoms with Crippen molar-refractivity contribution in [1.29, 1.82) is 0 Å². The summed E-state index contributed by atoms with van der Waals surface area (Å²) in [6.07, 6.45) is 5.78. The lowest BCUT2D eigenvalue weighted by molar-refractivity contribution is -0.153. The summed E-state index contributed by atoms with van der Waals surface area (Å²) >= 11 is 3.62. The summed E-state index contributed by atoms with van der Waals surface area (Å²) in [6.45, 7) is 6.52. The largest absolute Gasteiger partial charge is 0.392 e. The SMILES string of the molecule is CC[C@H](O)[C@@H]1C(=O)N2C(C)=C(S[C@H]3CCN(CC(=O)C4CCCC4)C3)SC12. The summed E-state index contributed by atoms with van der Waals surface area (Å²) in [5.74, 6) is 0.570. The van der Waals surface area contributed by atoms with Gasteiger partial charge in [-0.2, -0.15) is 0 Å². The molecule has 0 bridgehead atoms. The molecule has 1 unspecified atom stereocenters. The Balaban J connectivity index is 1.29. The number of Topliss-reactive ketones (excluding diaryl/α,β-unsaturated/α-hetero) is 1. The van der Waals surface area contributed by atoms with E-state index in [2.05, 4.69) is 4.90 Å². The molecule has 4 rings (SSSR count). The number of aliphatic hydroxyl groups is 1. The number of thioether (sulfide) groups is 2. The van der Waals surface area contributed by atoms with E-state index in [-0.39, 0.29) is 17.2 Å². The van der Waals surface area contributed by atoms with Crippen molar-refractivity contribution in [2.45, 2.75) is 69.1 Å². The Hall–Kier alpha value is -0.500. The Morgan fingerprint density at radius 2 is 2.07 bits per heavy atom. The Kier molecular flexibility index (Phi) is 5.93. The molecular weight excluding hydrogens is 380 g/mol. The van der Waals surface area contributed by atoms with Crippen LogP contribution in [0.3, 0.4) is 0 Å². The maximum atomic E-state index is 12.4. The van der Waals surface area contributed by atoms with Gasteiger partial charge < -0.3 is 10.0 Å². The fraction of sp³-hybridized carbons (Fsp3) is 0.800. The lowest BCUT2D eigenvalue weighted by Crippen LogP contribution is -2.60. The summed E-state index contributed by atoms with van der Waals surface area (Å²) in [7, 11) is 0. The van der Waals surface area contributed by atoms with Gasteiger partial charge in [0.25, 0.3) is 0 Å². The number of hydrogen-bond acceptors (Lipinski definition) is 6. The zero-order valence-electron chi connectivity index (χ0n) is 16.2. The summed E-state index contributed by atoms with van der Waals surface area (Å²) in [4.78, 5) is 29.0. The van der Waals surface area contributed by atoms with Crippen LogP contribution in [0.2, 0.25) is 0 Å². The van der Waals surface area contributed by atoms with Crippen LogP contribution in [0.5, 0.6) is 0 Å². The number of amides is 1. The molecule has 3 fully saturated rings. The molecule has 0 radical (unpaired) electrons. The minimum atomic E-state index is -0.535. The Morgan fingerprint density at radius 3 is 2.78 bits per heavy atom. The highest BCUT2D eigenvalue weighted by Gasteiger charge is 2.55. The summed E-state index contributed by atoms with van der Waals surface area (Å²) < 4.78 is 1.23. The van der Waals surface area contributed by atoms with E-state index >= 15 is 0 Å². The van der Waals surface area contributed by atoms with E-state index in [9.17, 15) is 14.7 Å². The zero-order valence-corrected chi connectivity index (χ0v) is 17.9. The van der Waals surface area contributed by atoms with Crippen LogP contribution in [0.15, 0.2) is 9.93 Å². The molecule has 0 aromatic carbocycles. The van der Waals surface area contributed by atoms with Crippen LogP contribution in [-0.4, -0.2) is 63.0 Å². The van der Waals surface area contributed by atoms with Gasteiger partial charge in [0, 0.05) is 23.4 Å². The quantitative estimate of drug-likeness (QED) is 0.651. The predicted molar refractivity (Wildman–Crippen MR) is 110 cm³/mol. The standard InChI is InChI=1S/C20H30N2O3S2/c1-3-15(23)17-18(25)22-12(2)20(27-19(17)22)26-14-8-9-21(10-14)11-16(24)13-6-4-5-7-13/h13-15,17,19,23H,3-11H2,1-2H3/t14-,15-,17+,19?/m0/s1. The van der Waals surface area contributed by atoms with Gasteiger partial charge in [-0.15, -0.1) is 11.8 Å². The van der Waals surface area contributed by atoms with Crippen LogP contribution < -0.4 is 0 Å². The van der Waals surface area contributed by atoms with E-state index in [1.165, 1.54) is 17.1 Å². The van der Waals surface area contributed by atoms with Gasteiger partial charge >= 0.3 is 0 Å². The van der Waals surface area contributed by atoms with Crippen molar-refractivity contribution in [3.63, 3.8) is 0 Å². The number of carbonyl (C=O) groups excluding carboxylic acids is 2. The maximum Gasteiger partial charge on any atom is 0.236 e. The van der Waals surface area contributed by atoms with Crippen LogP contribution >= 0.6 is 23.5 Å². The third-order valence-electron chi connectivity index (χ3n) is 6.49.